The highest BCUT2D eigenvalue weighted by Crippen LogP contribution is 2.38. The first kappa shape index (κ1) is 15.7. The van der Waals surface area contributed by atoms with Crippen LogP contribution in [0.15, 0.2) is 53.0 Å². The molecule has 2 aromatic rings. The lowest BCUT2D eigenvalue weighted by Crippen LogP contribution is -2.28. The van der Waals surface area contributed by atoms with Crippen molar-refractivity contribution in [2.45, 2.75) is 12.2 Å². The minimum atomic E-state index is -4.42. The number of halogens is 4. The largest absolute Gasteiger partial charge is 0.495 e. The second-order valence-corrected chi connectivity index (χ2v) is 5.29. The Kier molecular flexibility index (Phi) is 4.77. The zero-order valence-corrected chi connectivity index (χ0v) is 12.7. The molecule has 0 radical (unpaired) electrons. The first-order valence-electron chi connectivity index (χ1n) is 6.13. The fraction of sp³-hybridized carbons (Fsp3) is 0.200. The second-order valence-electron chi connectivity index (χ2n) is 4.37. The maximum atomic E-state index is 13.3. The third-order valence-electron chi connectivity index (χ3n) is 2.92. The van der Waals surface area contributed by atoms with Crippen LogP contribution < -0.4 is 10.1 Å². The molecule has 0 saturated heterocycles. The second kappa shape index (κ2) is 6.39. The molecule has 0 aromatic heterocycles. The third-order valence-corrected chi connectivity index (χ3v) is 3.41. The van der Waals surface area contributed by atoms with E-state index in [9.17, 15) is 13.2 Å². The summed E-state index contributed by atoms with van der Waals surface area (Å²) in [7, 11) is 1.42. The molecule has 0 aliphatic carbocycles. The van der Waals surface area contributed by atoms with E-state index in [1.54, 1.807) is 36.4 Å². The van der Waals surface area contributed by atoms with E-state index in [-0.39, 0.29) is 11.3 Å². The van der Waals surface area contributed by atoms with Crippen molar-refractivity contribution in [1.29, 1.82) is 0 Å². The van der Waals surface area contributed by atoms with Crippen LogP contribution in [0.2, 0.25) is 0 Å². The van der Waals surface area contributed by atoms with Crippen LogP contribution in [0.25, 0.3) is 0 Å². The average Bonchev–Trinajstić information content (AvgIpc) is 2.44. The molecule has 1 atom stereocenters. The van der Waals surface area contributed by atoms with Crippen molar-refractivity contribution in [2.24, 2.45) is 0 Å². The average molecular weight is 360 g/mol. The van der Waals surface area contributed by atoms with E-state index in [0.717, 1.165) is 0 Å². The van der Waals surface area contributed by atoms with Gasteiger partial charge in [-0.25, -0.2) is 0 Å². The van der Waals surface area contributed by atoms with Crippen LogP contribution in [-0.4, -0.2) is 13.3 Å². The summed E-state index contributed by atoms with van der Waals surface area (Å²) in [6, 6.07) is 10.8. The van der Waals surface area contributed by atoms with Gasteiger partial charge in [-0.05, 0) is 23.8 Å². The molecule has 6 heteroatoms. The van der Waals surface area contributed by atoms with E-state index in [1.807, 2.05) is 0 Å². The number of alkyl halides is 3. The van der Waals surface area contributed by atoms with E-state index in [0.29, 0.717) is 10.2 Å². The van der Waals surface area contributed by atoms with Crippen molar-refractivity contribution in [3.05, 3.63) is 58.6 Å². The van der Waals surface area contributed by atoms with Crippen molar-refractivity contribution < 1.29 is 17.9 Å². The molecule has 2 aromatic carbocycles. The lowest BCUT2D eigenvalue weighted by atomic mass is 10.1. The van der Waals surface area contributed by atoms with E-state index in [4.69, 9.17) is 4.74 Å². The van der Waals surface area contributed by atoms with Gasteiger partial charge in [-0.2, -0.15) is 13.2 Å². The van der Waals surface area contributed by atoms with Gasteiger partial charge < -0.3 is 10.1 Å². The monoisotopic (exact) mass is 359 g/mol. The highest BCUT2D eigenvalue weighted by molar-refractivity contribution is 9.10. The van der Waals surface area contributed by atoms with Gasteiger partial charge >= 0.3 is 6.18 Å². The van der Waals surface area contributed by atoms with Gasteiger partial charge in [0.05, 0.1) is 12.8 Å². The predicted octanol–water partition coefficient (Wildman–Crippen LogP) is 5.17. The molecular weight excluding hydrogens is 347 g/mol. The van der Waals surface area contributed by atoms with Gasteiger partial charge in [0.1, 0.15) is 11.8 Å². The fourth-order valence-electron chi connectivity index (χ4n) is 1.95. The van der Waals surface area contributed by atoms with Gasteiger partial charge in [0.15, 0.2) is 0 Å². The number of anilines is 1. The van der Waals surface area contributed by atoms with Gasteiger partial charge in [-0.3, -0.25) is 0 Å². The number of hydrogen-bond acceptors (Lipinski definition) is 2. The summed E-state index contributed by atoms with van der Waals surface area (Å²) in [5, 5.41) is 2.52. The number of ether oxygens (including phenoxy) is 1. The summed E-state index contributed by atoms with van der Waals surface area (Å²) in [5.41, 5.74) is 0.421. The molecule has 112 valence electrons. The fourth-order valence-corrected chi connectivity index (χ4v) is 2.31. The Hall–Kier alpha value is -1.69. The predicted molar refractivity (Wildman–Crippen MR) is 79.6 cm³/mol. The van der Waals surface area contributed by atoms with Crippen molar-refractivity contribution >= 4 is 21.6 Å². The zero-order valence-electron chi connectivity index (χ0n) is 11.1. The molecule has 1 unspecified atom stereocenters. The normalized spacial score (nSPS) is 12.8. The summed E-state index contributed by atoms with van der Waals surface area (Å²) in [6.07, 6.45) is -4.42. The Morgan fingerprint density at radius 2 is 1.76 bits per heavy atom. The van der Waals surface area contributed by atoms with Crippen molar-refractivity contribution in [1.82, 2.24) is 0 Å². The highest BCUT2D eigenvalue weighted by Gasteiger charge is 2.41. The van der Waals surface area contributed by atoms with Crippen molar-refractivity contribution in [3.63, 3.8) is 0 Å². The topological polar surface area (TPSA) is 21.3 Å². The molecule has 1 N–H and O–H groups in total. The number of nitrogens with one attached hydrogen (secondary N) is 1. The highest BCUT2D eigenvalue weighted by atomic mass is 79.9. The van der Waals surface area contributed by atoms with Gasteiger partial charge in [-0.15, -0.1) is 0 Å². The molecule has 0 spiro atoms. The van der Waals surface area contributed by atoms with Crippen LogP contribution in [0.1, 0.15) is 11.6 Å². The first-order valence-corrected chi connectivity index (χ1v) is 6.93. The first-order chi connectivity index (χ1) is 9.91. The Morgan fingerprint density at radius 1 is 1.10 bits per heavy atom. The molecule has 0 amide bonds. The van der Waals surface area contributed by atoms with Crippen LogP contribution in [0.3, 0.4) is 0 Å². The molecule has 0 aliphatic heterocycles. The molecule has 0 bridgehead atoms. The number of hydrogen-bond donors (Lipinski definition) is 1. The van der Waals surface area contributed by atoms with Crippen molar-refractivity contribution in [2.75, 3.05) is 12.4 Å². The summed E-state index contributed by atoms with van der Waals surface area (Å²) in [6.45, 7) is 0. The van der Waals surface area contributed by atoms with Crippen LogP contribution >= 0.6 is 15.9 Å². The maximum Gasteiger partial charge on any atom is 0.412 e. The number of methoxy groups -OCH3 is 1. The van der Waals surface area contributed by atoms with E-state index >= 15 is 0 Å². The summed E-state index contributed by atoms with van der Waals surface area (Å²) in [4.78, 5) is 0. The van der Waals surface area contributed by atoms with Crippen molar-refractivity contribution in [3.8, 4) is 5.75 Å². The molecule has 0 heterocycles. The summed E-state index contributed by atoms with van der Waals surface area (Å²) >= 11 is 3.25. The van der Waals surface area contributed by atoms with Gasteiger partial charge in [0, 0.05) is 4.47 Å². The Morgan fingerprint density at radius 3 is 2.33 bits per heavy atom. The van der Waals surface area contributed by atoms with E-state index in [2.05, 4.69) is 21.2 Å². The minimum Gasteiger partial charge on any atom is -0.495 e. The molecule has 21 heavy (non-hydrogen) atoms. The summed E-state index contributed by atoms with van der Waals surface area (Å²) in [5.74, 6) is 0.350. The van der Waals surface area contributed by atoms with Crippen LogP contribution in [0, 0.1) is 0 Å². The molecule has 0 fully saturated rings. The molecule has 0 saturated carbocycles. The Bertz CT molecular complexity index is 602. The smallest absolute Gasteiger partial charge is 0.412 e. The number of benzene rings is 2. The maximum absolute atomic E-state index is 13.3. The van der Waals surface area contributed by atoms with Gasteiger partial charge in [0.2, 0.25) is 0 Å². The van der Waals surface area contributed by atoms with Crippen LogP contribution in [0.5, 0.6) is 5.75 Å². The van der Waals surface area contributed by atoms with E-state index < -0.39 is 12.2 Å². The molecule has 2 rings (SSSR count). The quantitative estimate of drug-likeness (QED) is 0.812. The zero-order chi connectivity index (χ0) is 15.5. The lowest BCUT2D eigenvalue weighted by molar-refractivity contribution is -0.144. The molecule has 0 aliphatic rings. The standard InChI is InChI=1S/C15H13BrF3NO/c1-21-13-8-7-11(16)9-12(13)20-14(15(17,18)19)10-5-3-2-4-6-10/h2-9,14,20H,1H3. The molecular formula is C15H13BrF3NO. The lowest BCUT2D eigenvalue weighted by Gasteiger charge is -2.24. The van der Waals surface area contributed by atoms with Crippen LogP contribution in [-0.2, 0) is 0 Å². The summed E-state index contributed by atoms with van der Waals surface area (Å²) < 4.78 is 45.7. The Balaban J connectivity index is 2.39. The van der Waals surface area contributed by atoms with Gasteiger partial charge in [0.25, 0.3) is 0 Å². The number of rotatable bonds is 4. The molecule has 2 nitrogen and oxygen atoms in total. The SMILES string of the molecule is COc1ccc(Br)cc1NC(c1ccccc1)C(F)(F)F. The third kappa shape index (κ3) is 3.91. The van der Waals surface area contributed by atoms with Gasteiger partial charge in [-0.1, -0.05) is 46.3 Å². The van der Waals surface area contributed by atoms with Crippen LogP contribution in [0.4, 0.5) is 18.9 Å². The Labute approximate surface area is 129 Å². The minimum absolute atomic E-state index is 0.145. The van der Waals surface area contributed by atoms with E-state index in [1.165, 1.54) is 19.2 Å².